The second kappa shape index (κ2) is 7.98. The van der Waals surface area contributed by atoms with Crippen LogP contribution >= 0.6 is 15.9 Å². The molecule has 3 rings (SSSR count). The van der Waals surface area contributed by atoms with Gasteiger partial charge in [0, 0.05) is 23.6 Å². The molecule has 0 unspecified atom stereocenters. The summed E-state index contributed by atoms with van der Waals surface area (Å²) >= 11 is 3.12. The Bertz CT molecular complexity index is 1060. The summed E-state index contributed by atoms with van der Waals surface area (Å²) in [6, 6.07) is 8.54. The summed E-state index contributed by atoms with van der Waals surface area (Å²) in [5, 5.41) is 5.04. The molecule has 1 heterocycles. The molecule has 28 heavy (non-hydrogen) atoms. The van der Waals surface area contributed by atoms with Crippen LogP contribution in [0.15, 0.2) is 45.8 Å². The largest absolute Gasteiger partial charge is 0.326 e. The van der Waals surface area contributed by atoms with Crippen molar-refractivity contribution in [2.75, 3.05) is 24.2 Å². The van der Waals surface area contributed by atoms with Gasteiger partial charge in [-0.1, -0.05) is 15.9 Å². The Hall–Kier alpha value is -2.30. The molecule has 10 heteroatoms. The van der Waals surface area contributed by atoms with E-state index in [1.165, 1.54) is 37.4 Å². The number of sulfonamides is 1. The summed E-state index contributed by atoms with van der Waals surface area (Å²) in [7, 11) is -2.66. The van der Waals surface area contributed by atoms with Gasteiger partial charge >= 0.3 is 0 Å². The third-order valence-electron chi connectivity index (χ3n) is 4.25. The normalized spacial score (nSPS) is 13.8. The van der Waals surface area contributed by atoms with Crippen molar-refractivity contribution in [3.63, 3.8) is 0 Å². The minimum Gasteiger partial charge on any atom is -0.326 e. The van der Waals surface area contributed by atoms with Crippen molar-refractivity contribution in [1.82, 2.24) is 4.31 Å². The highest BCUT2D eigenvalue weighted by Crippen LogP contribution is 2.26. The van der Waals surface area contributed by atoms with Crippen LogP contribution < -0.4 is 10.6 Å². The lowest BCUT2D eigenvalue weighted by Crippen LogP contribution is -2.35. The van der Waals surface area contributed by atoms with E-state index < -0.39 is 28.3 Å². The van der Waals surface area contributed by atoms with E-state index in [0.717, 1.165) is 9.87 Å². The topological polar surface area (TPSA) is 95.6 Å². The predicted octanol–water partition coefficient (Wildman–Crippen LogP) is 2.73. The van der Waals surface area contributed by atoms with E-state index in [1.807, 2.05) is 0 Å². The number of nitrogens with zero attached hydrogens (tertiary/aromatic N) is 1. The highest BCUT2D eigenvalue weighted by molar-refractivity contribution is 9.10. The lowest BCUT2D eigenvalue weighted by molar-refractivity contribution is -0.117. The van der Waals surface area contributed by atoms with E-state index >= 15 is 0 Å². The first kappa shape index (κ1) is 20.4. The first-order chi connectivity index (χ1) is 13.2. The maximum absolute atomic E-state index is 13.8. The van der Waals surface area contributed by atoms with Crippen molar-refractivity contribution in [2.24, 2.45) is 0 Å². The Kier molecular flexibility index (Phi) is 5.82. The van der Waals surface area contributed by atoms with Gasteiger partial charge in [-0.05, 0) is 48.4 Å². The fraction of sp³-hybridized carbons (Fsp3) is 0.222. The zero-order chi connectivity index (χ0) is 20.5. The fourth-order valence-electron chi connectivity index (χ4n) is 2.77. The van der Waals surface area contributed by atoms with E-state index in [9.17, 15) is 22.4 Å². The van der Waals surface area contributed by atoms with Gasteiger partial charge in [0.15, 0.2) is 0 Å². The fourth-order valence-corrected chi connectivity index (χ4v) is 4.28. The molecule has 0 aliphatic carbocycles. The lowest BCUT2D eigenvalue weighted by atomic mass is 10.0. The second-order valence-corrected chi connectivity index (χ2v) is 9.26. The quantitative estimate of drug-likeness (QED) is 0.703. The molecule has 0 fully saturated rings. The number of hydrogen-bond donors (Lipinski definition) is 2. The van der Waals surface area contributed by atoms with Gasteiger partial charge in [-0.2, -0.15) is 4.31 Å². The first-order valence-electron chi connectivity index (χ1n) is 8.31. The number of anilines is 2. The summed E-state index contributed by atoms with van der Waals surface area (Å²) in [5.41, 5.74) is 1.26. The van der Waals surface area contributed by atoms with Crippen LogP contribution in [0.25, 0.3) is 0 Å². The number of carbonyl (C=O) groups excluding carboxylic acids is 2. The van der Waals surface area contributed by atoms with Gasteiger partial charge in [0.25, 0.3) is 0 Å². The molecule has 1 aliphatic rings. The van der Waals surface area contributed by atoms with Crippen molar-refractivity contribution in [1.29, 1.82) is 0 Å². The Balaban J connectivity index is 1.73. The molecule has 0 bridgehead atoms. The van der Waals surface area contributed by atoms with Gasteiger partial charge < -0.3 is 10.6 Å². The molecule has 0 radical (unpaired) electrons. The third-order valence-corrected chi connectivity index (χ3v) is 6.54. The second-order valence-electron chi connectivity index (χ2n) is 6.30. The van der Waals surface area contributed by atoms with Crippen molar-refractivity contribution in [3.8, 4) is 0 Å². The maximum atomic E-state index is 13.8. The van der Waals surface area contributed by atoms with E-state index in [1.54, 1.807) is 6.07 Å². The highest BCUT2D eigenvalue weighted by Gasteiger charge is 2.25. The number of benzene rings is 2. The van der Waals surface area contributed by atoms with Crippen molar-refractivity contribution in [3.05, 3.63) is 52.3 Å². The summed E-state index contributed by atoms with van der Waals surface area (Å²) in [5.74, 6) is -1.42. The number of hydrogen-bond acceptors (Lipinski definition) is 4. The number of carbonyl (C=O) groups is 2. The Morgan fingerprint density at radius 2 is 2.00 bits per heavy atom. The summed E-state index contributed by atoms with van der Waals surface area (Å²) < 4.78 is 40.8. The third kappa shape index (κ3) is 4.40. The number of nitrogens with one attached hydrogen (secondary N) is 2. The number of likely N-dealkylation sites (N-methyl/N-ethyl adjacent to an activating group) is 1. The van der Waals surface area contributed by atoms with Gasteiger partial charge in [0.05, 0.1) is 17.1 Å². The lowest BCUT2D eigenvalue weighted by Gasteiger charge is -2.20. The average molecular weight is 470 g/mol. The molecule has 0 aromatic heterocycles. The molecule has 0 atom stereocenters. The van der Waals surface area contributed by atoms with Crippen molar-refractivity contribution >= 4 is 49.1 Å². The molecule has 7 nitrogen and oxygen atoms in total. The van der Waals surface area contributed by atoms with Crippen LogP contribution in [0.5, 0.6) is 0 Å². The molecule has 0 spiro atoms. The van der Waals surface area contributed by atoms with E-state index in [0.29, 0.717) is 16.6 Å². The molecular formula is C18H17BrFN3O4S. The van der Waals surface area contributed by atoms with E-state index in [-0.39, 0.29) is 22.9 Å². The highest BCUT2D eigenvalue weighted by atomic mass is 79.9. The molecule has 2 aromatic rings. The van der Waals surface area contributed by atoms with Crippen LogP contribution in [0, 0.1) is 5.82 Å². The zero-order valence-corrected chi connectivity index (χ0v) is 17.2. The number of rotatable bonds is 5. The smallest absolute Gasteiger partial charge is 0.243 e. The monoisotopic (exact) mass is 469 g/mol. The van der Waals surface area contributed by atoms with Crippen molar-refractivity contribution < 1.29 is 22.4 Å². The van der Waals surface area contributed by atoms with Crippen LogP contribution in [0.2, 0.25) is 0 Å². The molecule has 148 valence electrons. The van der Waals surface area contributed by atoms with Gasteiger partial charge in [-0.15, -0.1) is 0 Å². The molecular weight excluding hydrogens is 453 g/mol. The maximum Gasteiger partial charge on any atom is 0.243 e. The number of halogens is 2. The van der Waals surface area contributed by atoms with E-state index in [2.05, 4.69) is 26.6 Å². The van der Waals surface area contributed by atoms with Crippen LogP contribution in [-0.2, 0) is 26.0 Å². The summed E-state index contributed by atoms with van der Waals surface area (Å²) in [6.45, 7) is -0.480. The Labute approximate surface area is 170 Å². The standard InChI is InChI=1S/C18H17BrFN3O4S/c1-23(10-18(25)22-16-5-3-12(19)9-14(16)20)28(26,27)13-4-6-15-11(8-13)2-7-17(24)21-15/h3-6,8-9H,2,7,10H2,1H3,(H,21,24)(H,22,25). The minimum atomic E-state index is -3.93. The zero-order valence-electron chi connectivity index (χ0n) is 14.8. The molecule has 1 aliphatic heterocycles. The molecule has 0 saturated carbocycles. The first-order valence-corrected chi connectivity index (χ1v) is 10.5. The van der Waals surface area contributed by atoms with Gasteiger partial charge in [0.2, 0.25) is 21.8 Å². The van der Waals surface area contributed by atoms with Crippen LogP contribution in [0.4, 0.5) is 15.8 Å². The SMILES string of the molecule is CN(CC(=O)Nc1ccc(Br)cc1F)S(=O)(=O)c1ccc2c(c1)CCC(=O)N2. The molecule has 2 N–H and O–H groups in total. The number of aryl methyl sites for hydroxylation is 1. The molecule has 2 aromatic carbocycles. The van der Waals surface area contributed by atoms with Crippen LogP contribution in [0.1, 0.15) is 12.0 Å². The van der Waals surface area contributed by atoms with Gasteiger partial charge in [0.1, 0.15) is 5.82 Å². The van der Waals surface area contributed by atoms with E-state index in [4.69, 9.17) is 0 Å². The van der Waals surface area contributed by atoms with Gasteiger partial charge in [-0.25, -0.2) is 12.8 Å². The molecule has 0 saturated heterocycles. The number of amides is 2. The van der Waals surface area contributed by atoms with Crippen LogP contribution in [0.3, 0.4) is 0 Å². The Morgan fingerprint density at radius 1 is 1.25 bits per heavy atom. The average Bonchev–Trinajstić information content (AvgIpc) is 2.63. The summed E-state index contributed by atoms with van der Waals surface area (Å²) in [6.07, 6.45) is 0.727. The number of fused-ring (bicyclic) bond motifs is 1. The minimum absolute atomic E-state index is 0.0209. The van der Waals surface area contributed by atoms with Crippen LogP contribution in [-0.4, -0.2) is 38.1 Å². The summed E-state index contributed by atoms with van der Waals surface area (Å²) in [4.78, 5) is 23.6. The Morgan fingerprint density at radius 3 is 2.71 bits per heavy atom. The van der Waals surface area contributed by atoms with Crippen molar-refractivity contribution in [2.45, 2.75) is 17.7 Å². The predicted molar refractivity (Wildman–Crippen MR) is 106 cm³/mol. The van der Waals surface area contributed by atoms with Gasteiger partial charge in [-0.3, -0.25) is 9.59 Å². The molecule has 2 amide bonds.